The molecular weight excluding hydrogens is 316 g/mol. The summed E-state index contributed by atoms with van der Waals surface area (Å²) in [6.45, 7) is 1.56. The second-order valence-corrected chi connectivity index (χ2v) is 5.92. The number of nitriles is 1. The van der Waals surface area contributed by atoms with E-state index in [4.69, 9.17) is 4.52 Å². The molecule has 1 fully saturated rings. The average Bonchev–Trinajstić information content (AvgIpc) is 3.19. The summed E-state index contributed by atoms with van der Waals surface area (Å²) >= 11 is 0. The molecule has 0 bridgehead atoms. The van der Waals surface area contributed by atoms with Gasteiger partial charge in [-0.25, -0.2) is 9.97 Å². The van der Waals surface area contributed by atoms with Crippen LogP contribution >= 0.6 is 0 Å². The number of piperidine rings is 1. The molecule has 3 aromatic rings. The van der Waals surface area contributed by atoms with Crippen LogP contribution in [0.2, 0.25) is 0 Å². The summed E-state index contributed by atoms with van der Waals surface area (Å²) in [4.78, 5) is 15.0. The van der Waals surface area contributed by atoms with Crippen molar-refractivity contribution in [2.24, 2.45) is 0 Å². The number of hydrogen-bond acceptors (Lipinski definition) is 7. The second kappa shape index (κ2) is 6.69. The Morgan fingerprint density at radius 3 is 2.60 bits per heavy atom. The van der Waals surface area contributed by atoms with Gasteiger partial charge in [-0.3, -0.25) is 0 Å². The van der Waals surface area contributed by atoms with E-state index in [2.05, 4.69) is 31.1 Å². The van der Waals surface area contributed by atoms with E-state index in [1.165, 1.54) is 0 Å². The van der Waals surface area contributed by atoms with Crippen LogP contribution in [-0.4, -0.2) is 33.2 Å². The van der Waals surface area contributed by atoms with Crippen molar-refractivity contribution < 1.29 is 4.52 Å². The van der Waals surface area contributed by atoms with Crippen LogP contribution in [0.15, 0.2) is 47.2 Å². The van der Waals surface area contributed by atoms with Gasteiger partial charge in [0.25, 0.3) is 0 Å². The standard InChI is InChI=1S/C18H16N6O/c19-12-15-17(21-9-8-20-15)24-10-6-14(7-11-24)18-22-16(23-25-18)13-4-2-1-3-5-13/h1-5,8-9,14H,6-7,10-11H2. The molecule has 0 spiro atoms. The molecule has 0 radical (unpaired) electrons. The molecule has 4 rings (SSSR count). The monoisotopic (exact) mass is 332 g/mol. The fourth-order valence-corrected chi connectivity index (χ4v) is 3.08. The molecule has 1 aliphatic rings. The first kappa shape index (κ1) is 15.3. The van der Waals surface area contributed by atoms with Gasteiger partial charge in [-0.1, -0.05) is 35.5 Å². The van der Waals surface area contributed by atoms with E-state index in [-0.39, 0.29) is 5.92 Å². The van der Waals surface area contributed by atoms with Gasteiger partial charge >= 0.3 is 0 Å². The van der Waals surface area contributed by atoms with Crippen LogP contribution in [0, 0.1) is 11.3 Å². The molecule has 1 aliphatic heterocycles. The highest BCUT2D eigenvalue weighted by molar-refractivity contribution is 5.53. The van der Waals surface area contributed by atoms with Crippen molar-refractivity contribution in [2.45, 2.75) is 18.8 Å². The van der Waals surface area contributed by atoms with Crippen molar-refractivity contribution in [3.63, 3.8) is 0 Å². The number of hydrogen-bond donors (Lipinski definition) is 0. The van der Waals surface area contributed by atoms with Gasteiger partial charge in [0.2, 0.25) is 11.7 Å². The van der Waals surface area contributed by atoms with Gasteiger partial charge in [0.15, 0.2) is 11.5 Å². The van der Waals surface area contributed by atoms with E-state index in [0.29, 0.717) is 23.2 Å². The SMILES string of the molecule is N#Cc1nccnc1N1CCC(c2nc(-c3ccccc3)no2)CC1. The minimum absolute atomic E-state index is 0.225. The lowest BCUT2D eigenvalue weighted by Gasteiger charge is -2.31. The van der Waals surface area contributed by atoms with Gasteiger partial charge in [-0.15, -0.1) is 0 Å². The Balaban J connectivity index is 1.46. The lowest BCUT2D eigenvalue weighted by Crippen LogP contribution is -2.34. The highest BCUT2D eigenvalue weighted by atomic mass is 16.5. The Morgan fingerprint density at radius 2 is 1.84 bits per heavy atom. The molecule has 2 aromatic heterocycles. The zero-order valence-corrected chi connectivity index (χ0v) is 13.5. The fourth-order valence-electron chi connectivity index (χ4n) is 3.08. The van der Waals surface area contributed by atoms with Crippen molar-refractivity contribution in [1.29, 1.82) is 5.26 Å². The fraction of sp³-hybridized carbons (Fsp3) is 0.278. The second-order valence-electron chi connectivity index (χ2n) is 5.92. The highest BCUT2D eigenvalue weighted by Gasteiger charge is 2.27. The molecule has 7 nitrogen and oxygen atoms in total. The van der Waals surface area contributed by atoms with E-state index >= 15 is 0 Å². The van der Waals surface area contributed by atoms with Crippen LogP contribution in [0.25, 0.3) is 11.4 Å². The number of anilines is 1. The molecule has 124 valence electrons. The zero-order valence-electron chi connectivity index (χ0n) is 13.5. The normalized spacial score (nSPS) is 15.1. The largest absolute Gasteiger partial charge is 0.354 e. The third-order valence-corrected chi connectivity index (χ3v) is 4.40. The summed E-state index contributed by atoms with van der Waals surface area (Å²) in [5.74, 6) is 2.18. The molecule has 1 saturated heterocycles. The minimum Gasteiger partial charge on any atom is -0.354 e. The predicted molar refractivity (Wildman–Crippen MR) is 90.7 cm³/mol. The first-order valence-corrected chi connectivity index (χ1v) is 8.20. The molecule has 1 aromatic carbocycles. The van der Waals surface area contributed by atoms with Gasteiger partial charge < -0.3 is 9.42 Å². The third-order valence-electron chi connectivity index (χ3n) is 4.40. The maximum Gasteiger partial charge on any atom is 0.230 e. The summed E-state index contributed by atoms with van der Waals surface area (Å²) < 4.78 is 5.48. The van der Waals surface area contributed by atoms with Crippen LogP contribution in [0.3, 0.4) is 0 Å². The van der Waals surface area contributed by atoms with Crippen molar-refractivity contribution in [3.05, 3.63) is 54.3 Å². The summed E-state index contributed by atoms with van der Waals surface area (Å²) in [5, 5.41) is 13.3. The molecule has 3 heterocycles. The zero-order chi connectivity index (χ0) is 17.1. The van der Waals surface area contributed by atoms with Crippen LogP contribution < -0.4 is 4.90 Å². The smallest absolute Gasteiger partial charge is 0.230 e. The van der Waals surface area contributed by atoms with E-state index in [1.807, 2.05) is 30.3 Å². The topological polar surface area (TPSA) is 91.7 Å². The van der Waals surface area contributed by atoms with E-state index in [9.17, 15) is 5.26 Å². The highest BCUT2D eigenvalue weighted by Crippen LogP contribution is 2.30. The molecular formula is C18H16N6O. The van der Waals surface area contributed by atoms with Crippen LogP contribution in [0.4, 0.5) is 5.82 Å². The molecule has 25 heavy (non-hydrogen) atoms. The third kappa shape index (κ3) is 3.06. The number of rotatable bonds is 3. The van der Waals surface area contributed by atoms with Crippen molar-refractivity contribution in [1.82, 2.24) is 20.1 Å². The van der Waals surface area contributed by atoms with Crippen molar-refractivity contribution in [3.8, 4) is 17.5 Å². The Morgan fingerprint density at radius 1 is 1.08 bits per heavy atom. The van der Waals surface area contributed by atoms with Gasteiger partial charge in [0.05, 0.1) is 0 Å². The van der Waals surface area contributed by atoms with E-state index in [0.717, 1.165) is 31.5 Å². The molecule has 0 amide bonds. The number of aromatic nitrogens is 4. The first-order chi connectivity index (χ1) is 12.3. The van der Waals surface area contributed by atoms with Gasteiger partial charge in [0.1, 0.15) is 6.07 Å². The molecule has 0 saturated carbocycles. The van der Waals surface area contributed by atoms with Crippen LogP contribution in [-0.2, 0) is 0 Å². The number of nitrogens with zero attached hydrogens (tertiary/aromatic N) is 6. The summed E-state index contributed by atoms with van der Waals surface area (Å²) in [7, 11) is 0. The Kier molecular flexibility index (Phi) is 4.09. The van der Waals surface area contributed by atoms with Gasteiger partial charge in [0, 0.05) is 37.0 Å². The van der Waals surface area contributed by atoms with Crippen molar-refractivity contribution >= 4 is 5.82 Å². The molecule has 7 heteroatoms. The maximum atomic E-state index is 9.18. The van der Waals surface area contributed by atoms with Crippen LogP contribution in [0.5, 0.6) is 0 Å². The summed E-state index contributed by atoms with van der Waals surface area (Å²) in [6.07, 6.45) is 4.90. The lowest BCUT2D eigenvalue weighted by molar-refractivity contribution is 0.329. The quantitative estimate of drug-likeness (QED) is 0.728. The molecule has 0 atom stereocenters. The average molecular weight is 332 g/mol. The minimum atomic E-state index is 0.225. The summed E-state index contributed by atoms with van der Waals surface area (Å²) in [5.41, 5.74) is 1.32. The van der Waals surface area contributed by atoms with Gasteiger partial charge in [-0.2, -0.15) is 10.2 Å². The Bertz CT molecular complexity index is 893. The first-order valence-electron chi connectivity index (χ1n) is 8.20. The van der Waals surface area contributed by atoms with Gasteiger partial charge in [-0.05, 0) is 12.8 Å². The Hall–Kier alpha value is -3.27. The molecule has 0 aliphatic carbocycles. The van der Waals surface area contributed by atoms with E-state index in [1.54, 1.807) is 12.4 Å². The maximum absolute atomic E-state index is 9.18. The number of benzene rings is 1. The molecule has 0 unspecified atom stereocenters. The molecule has 0 N–H and O–H groups in total. The Labute approximate surface area is 145 Å². The summed E-state index contributed by atoms with van der Waals surface area (Å²) in [6, 6.07) is 11.9. The van der Waals surface area contributed by atoms with Crippen LogP contribution in [0.1, 0.15) is 30.3 Å². The lowest BCUT2D eigenvalue weighted by atomic mass is 9.96. The van der Waals surface area contributed by atoms with E-state index < -0.39 is 0 Å². The predicted octanol–water partition coefficient (Wildman–Crippen LogP) is 2.78. The van der Waals surface area contributed by atoms with Crippen molar-refractivity contribution in [2.75, 3.05) is 18.0 Å².